The van der Waals surface area contributed by atoms with Gasteiger partial charge in [-0.1, -0.05) is 30.3 Å². The number of aromatic nitrogens is 2. The highest BCUT2D eigenvalue weighted by Gasteiger charge is 2.26. The van der Waals surface area contributed by atoms with Gasteiger partial charge in [0.15, 0.2) is 0 Å². The maximum atomic E-state index is 13.0. The van der Waals surface area contributed by atoms with Gasteiger partial charge in [-0.15, -0.1) is 11.3 Å². The van der Waals surface area contributed by atoms with Crippen LogP contribution >= 0.6 is 11.3 Å². The van der Waals surface area contributed by atoms with Crippen molar-refractivity contribution in [1.82, 2.24) is 20.2 Å². The van der Waals surface area contributed by atoms with Crippen LogP contribution in [-0.2, 0) is 11.2 Å². The normalized spacial score (nSPS) is 14.5. The lowest BCUT2D eigenvalue weighted by Gasteiger charge is -2.31. The number of amides is 2. The first-order valence-corrected chi connectivity index (χ1v) is 11.6. The average molecular weight is 455 g/mol. The predicted molar refractivity (Wildman–Crippen MR) is 123 cm³/mol. The molecular weight excluding hydrogens is 428 g/mol. The number of hydrogen-bond acceptors (Lipinski definition) is 6. The van der Waals surface area contributed by atoms with Gasteiger partial charge in [0.25, 0.3) is 11.5 Å². The molecule has 0 spiro atoms. The highest BCUT2D eigenvalue weighted by Crippen LogP contribution is 2.27. The Morgan fingerprint density at radius 2 is 1.97 bits per heavy atom. The van der Waals surface area contributed by atoms with E-state index in [0.29, 0.717) is 65.4 Å². The number of aromatic amines is 1. The molecule has 0 saturated carbocycles. The smallest absolute Gasteiger partial charge is 0.409 e. The van der Waals surface area contributed by atoms with E-state index in [-0.39, 0.29) is 23.6 Å². The second-order valence-corrected chi connectivity index (χ2v) is 8.84. The fourth-order valence-corrected chi connectivity index (χ4v) is 5.05. The third-order valence-electron chi connectivity index (χ3n) is 5.63. The molecule has 3 aromatic rings. The summed E-state index contributed by atoms with van der Waals surface area (Å²) < 4.78 is 5.04. The average Bonchev–Trinajstić information content (AvgIpc) is 3.12. The molecule has 2 N–H and O–H groups in total. The number of rotatable bonds is 5. The minimum atomic E-state index is -0.311. The van der Waals surface area contributed by atoms with Crippen LogP contribution in [0.1, 0.15) is 46.4 Å². The van der Waals surface area contributed by atoms with E-state index in [1.54, 1.807) is 18.7 Å². The van der Waals surface area contributed by atoms with E-state index in [4.69, 9.17) is 4.74 Å². The zero-order chi connectivity index (χ0) is 22.7. The molecule has 4 rings (SSSR count). The fraction of sp³-hybridized carbons (Fsp3) is 0.391. The number of H-pyrrole nitrogens is 1. The Morgan fingerprint density at radius 1 is 1.25 bits per heavy atom. The molecule has 1 aromatic carbocycles. The summed E-state index contributed by atoms with van der Waals surface area (Å²) in [5.74, 6) is 0.373. The van der Waals surface area contributed by atoms with Gasteiger partial charge in [0.05, 0.1) is 16.9 Å². The second kappa shape index (κ2) is 9.52. The number of carbonyl (C=O) groups is 2. The Hall–Kier alpha value is -3.20. The Balaban J connectivity index is 1.48. The van der Waals surface area contributed by atoms with Crippen molar-refractivity contribution in [3.63, 3.8) is 0 Å². The van der Waals surface area contributed by atoms with Gasteiger partial charge in [-0.05, 0) is 37.8 Å². The molecule has 1 fully saturated rings. The molecular formula is C23H26N4O4S. The van der Waals surface area contributed by atoms with Crippen LogP contribution in [0, 0.1) is 6.92 Å². The van der Waals surface area contributed by atoms with Gasteiger partial charge >= 0.3 is 6.09 Å². The highest BCUT2D eigenvalue weighted by atomic mass is 32.1. The van der Waals surface area contributed by atoms with Crippen LogP contribution in [0.4, 0.5) is 4.79 Å². The first kappa shape index (κ1) is 22.0. The van der Waals surface area contributed by atoms with E-state index in [9.17, 15) is 14.4 Å². The van der Waals surface area contributed by atoms with Crippen molar-refractivity contribution in [2.45, 2.75) is 39.2 Å². The minimum Gasteiger partial charge on any atom is -0.450 e. The molecule has 2 aromatic heterocycles. The maximum Gasteiger partial charge on any atom is 0.409 e. The SMILES string of the molecule is CCOC(=O)N1CCC(NC(=O)c2sc3nc(Cc4ccccc4)[nH]c(=O)c3c2C)CC1. The number of piperidine rings is 1. The van der Waals surface area contributed by atoms with Gasteiger partial charge in [0.1, 0.15) is 10.7 Å². The molecule has 1 aliphatic heterocycles. The predicted octanol–water partition coefficient (Wildman–Crippen LogP) is 3.23. The van der Waals surface area contributed by atoms with Gasteiger partial charge in [0.2, 0.25) is 0 Å². The number of aryl methyl sites for hydroxylation is 1. The molecule has 0 bridgehead atoms. The van der Waals surface area contributed by atoms with E-state index in [2.05, 4.69) is 15.3 Å². The van der Waals surface area contributed by atoms with Crippen molar-refractivity contribution in [3.8, 4) is 0 Å². The van der Waals surface area contributed by atoms with E-state index >= 15 is 0 Å². The quantitative estimate of drug-likeness (QED) is 0.616. The molecule has 0 aliphatic carbocycles. The molecule has 168 valence electrons. The highest BCUT2D eigenvalue weighted by molar-refractivity contribution is 7.20. The summed E-state index contributed by atoms with van der Waals surface area (Å²) in [6, 6.07) is 9.77. The molecule has 0 unspecified atom stereocenters. The number of hydrogen-bond donors (Lipinski definition) is 2. The van der Waals surface area contributed by atoms with Crippen molar-refractivity contribution < 1.29 is 14.3 Å². The van der Waals surface area contributed by atoms with E-state index in [1.807, 2.05) is 30.3 Å². The van der Waals surface area contributed by atoms with Crippen LogP contribution in [0.25, 0.3) is 10.2 Å². The topological polar surface area (TPSA) is 104 Å². The standard InChI is InChI=1S/C23H26N4O4S/c1-3-31-23(30)27-11-9-16(10-12-27)24-21(29)19-14(2)18-20(28)25-17(26-22(18)32-19)13-15-7-5-4-6-8-15/h4-8,16H,3,9-13H2,1-2H3,(H,24,29)(H,25,26,28). The number of carbonyl (C=O) groups excluding carboxylic acids is 2. The molecule has 3 heterocycles. The van der Waals surface area contributed by atoms with Crippen molar-refractivity contribution in [1.29, 1.82) is 0 Å². The lowest BCUT2D eigenvalue weighted by molar-refractivity contribution is 0.0862. The summed E-state index contributed by atoms with van der Waals surface area (Å²) in [4.78, 5) is 47.7. The van der Waals surface area contributed by atoms with Gasteiger partial charge in [-0.25, -0.2) is 9.78 Å². The Morgan fingerprint density at radius 3 is 2.66 bits per heavy atom. The minimum absolute atomic E-state index is 0.0299. The summed E-state index contributed by atoms with van der Waals surface area (Å²) in [6.07, 6.45) is 1.53. The first-order chi connectivity index (χ1) is 15.5. The van der Waals surface area contributed by atoms with E-state index < -0.39 is 0 Å². The number of nitrogens with zero attached hydrogens (tertiary/aromatic N) is 2. The van der Waals surface area contributed by atoms with Crippen LogP contribution in [0.3, 0.4) is 0 Å². The largest absolute Gasteiger partial charge is 0.450 e. The molecule has 32 heavy (non-hydrogen) atoms. The van der Waals surface area contributed by atoms with Crippen molar-refractivity contribution in [2.24, 2.45) is 0 Å². The number of ether oxygens (including phenoxy) is 1. The van der Waals surface area contributed by atoms with Crippen molar-refractivity contribution in [3.05, 3.63) is 62.5 Å². The van der Waals surface area contributed by atoms with Crippen LogP contribution < -0.4 is 10.9 Å². The lowest BCUT2D eigenvalue weighted by atomic mass is 10.1. The van der Waals surface area contributed by atoms with Crippen LogP contribution in [-0.4, -0.2) is 52.6 Å². The number of benzene rings is 1. The third-order valence-corrected chi connectivity index (χ3v) is 6.81. The van der Waals surface area contributed by atoms with Crippen LogP contribution in [0.15, 0.2) is 35.1 Å². The van der Waals surface area contributed by atoms with Crippen LogP contribution in [0.2, 0.25) is 0 Å². The van der Waals surface area contributed by atoms with Crippen molar-refractivity contribution in [2.75, 3.05) is 19.7 Å². The molecule has 9 heteroatoms. The summed E-state index contributed by atoms with van der Waals surface area (Å²) in [5, 5.41) is 3.52. The molecule has 8 nitrogen and oxygen atoms in total. The summed E-state index contributed by atoms with van der Waals surface area (Å²) in [5.41, 5.74) is 1.47. The van der Waals surface area contributed by atoms with Crippen molar-refractivity contribution >= 4 is 33.6 Å². The molecule has 0 atom stereocenters. The number of nitrogens with one attached hydrogen (secondary N) is 2. The monoisotopic (exact) mass is 454 g/mol. The van der Waals surface area contributed by atoms with Gasteiger partial charge in [-0.2, -0.15) is 0 Å². The van der Waals surface area contributed by atoms with E-state index in [1.165, 1.54) is 11.3 Å². The molecule has 2 amide bonds. The molecule has 0 radical (unpaired) electrons. The van der Waals surface area contributed by atoms with Gasteiger partial charge in [-0.3, -0.25) is 9.59 Å². The zero-order valence-electron chi connectivity index (χ0n) is 18.1. The number of fused-ring (bicyclic) bond motifs is 1. The Labute approximate surface area is 189 Å². The summed E-state index contributed by atoms with van der Waals surface area (Å²) in [6.45, 7) is 4.99. The number of likely N-dealkylation sites (tertiary alicyclic amines) is 1. The molecule has 1 saturated heterocycles. The Bertz CT molecular complexity index is 1180. The third kappa shape index (κ3) is 4.67. The van der Waals surface area contributed by atoms with Gasteiger partial charge < -0.3 is 19.9 Å². The van der Waals surface area contributed by atoms with Crippen LogP contribution in [0.5, 0.6) is 0 Å². The maximum absolute atomic E-state index is 13.0. The van der Waals surface area contributed by atoms with Gasteiger partial charge in [0, 0.05) is 25.6 Å². The van der Waals surface area contributed by atoms with E-state index in [0.717, 1.165) is 5.56 Å². The lowest BCUT2D eigenvalue weighted by Crippen LogP contribution is -2.46. The Kier molecular flexibility index (Phi) is 6.55. The summed E-state index contributed by atoms with van der Waals surface area (Å²) >= 11 is 1.24. The molecule has 1 aliphatic rings. The number of thiophene rings is 1. The fourth-order valence-electron chi connectivity index (χ4n) is 3.95. The first-order valence-electron chi connectivity index (χ1n) is 10.7. The summed E-state index contributed by atoms with van der Waals surface area (Å²) in [7, 11) is 0. The second-order valence-electron chi connectivity index (χ2n) is 7.85. The zero-order valence-corrected chi connectivity index (χ0v) is 19.0.